The van der Waals surface area contributed by atoms with E-state index in [1.165, 1.54) is 5.56 Å². The predicted octanol–water partition coefficient (Wildman–Crippen LogP) is 3.54. The molecule has 2 aliphatic rings. The van der Waals surface area contributed by atoms with Crippen molar-refractivity contribution in [3.05, 3.63) is 54.0 Å². The summed E-state index contributed by atoms with van der Waals surface area (Å²) in [6, 6.07) is 10.8. The monoisotopic (exact) mass is 364 g/mol. The zero-order valence-electron chi connectivity index (χ0n) is 16.5. The maximum Gasteiger partial charge on any atom is 0.228 e. The Morgan fingerprint density at radius 1 is 1.00 bits per heavy atom. The van der Waals surface area contributed by atoms with Crippen molar-refractivity contribution in [1.29, 1.82) is 0 Å². The van der Waals surface area contributed by atoms with Gasteiger partial charge in [-0.15, -0.1) is 0 Å². The molecule has 1 aliphatic carbocycles. The lowest BCUT2D eigenvalue weighted by atomic mass is 9.64. The minimum atomic E-state index is 0.0621. The molecule has 0 bridgehead atoms. The Balaban J connectivity index is 1.54. The summed E-state index contributed by atoms with van der Waals surface area (Å²) in [6.07, 6.45) is 8.35. The Morgan fingerprint density at radius 2 is 1.70 bits per heavy atom. The smallest absolute Gasteiger partial charge is 0.228 e. The van der Waals surface area contributed by atoms with Crippen LogP contribution in [0, 0.1) is 12.3 Å². The number of carbonyl (C=O) groups is 1. The molecule has 0 atom stereocenters. The fourth-order valence-corrected chi connectivity index (χ4v) is 4.90. The van der Waals surface area contributed by atoms with E-state index in [-0.39, 0.29) is 16.9 Å². The average molecular weight is 364 g/mol. The topological polar surface area (TPSA) is 49.3 Å². The first-order valence-electron chi connectivity index (χ1n) is 9.76. The van der Waals surface area contributed by atoms with Gasteiger partial charge < -0.3 is 0 Å². The Hall–Kier alpha value is -2.27. The van der Waals surface area contributed by atoms with E-state index in [0.29, 0.717) is 12.2 Å². The number of aromatic nitrogens is 2. The van der Waals surface area contributed by atoms with E-state index < -0.39 is 0 Å². The van der Waals surface area contributed by atoms with Crippen LogP contribution in [-0.2, 0) is 10.3 Å². The number of anilines is 1. The van der Waals surface area contributed by atoms with Crippen LogP contribution in [0.4, 0.5) is 5.82 Å². The fourth-order valence-electron chi connectivity index (χ4n) is 4.90. The maximum absolute atomic E-state index is 12.7. The fraction of sp³-hybridized carbons (Fsp3) is 0.500. The summed E-state index contributed by atoms with van der Waals surface area (Å²) in [5.74, 6) is 0.875. The van der Waals surface area contributed by atoms with Gasteiger partial charge in [-0.3, -0.25) is 19.6 Å². The van der Waals surface area contributed by atoms with Crippen molar-refractivity contribution in [2.24, 2.45) is 5.41 Å². The lowest BCUT2D eigenvalue weighted by molar-refractivity contribution is -0.118. The summed E-state index contributed by atoms with van der Waals surface area (Å²) in [5.41, 5.74) is 2.39. The number of nitrogens with zero attached hydrogens (tertiary/aromatic N) is 4. The van der Waals surface area contributed by atoms with Crippen molar-refractivity contribution in [2.45, 2.75) is 44.6 Å². The van der Waals surface area contributed by atoms with Crippen molar-refractivity contribution in [3.63, 3.8) is 0 Å². The van der Waals surface area contributed by atoms with Crippen LogP contribution in [0.1, 0.15) is 43.4 Å². The van der Waals surface area contributed by atoms with Gasteiger partial charge in [0.2, 0.25) is 5.91 Å². The van der Waals surface area contributed by atoms with Gasteiger partial charge in [-0.05, 0) is 57.7 Å². The van der Waals surface area contributed by atoms with Crippen LogP contribution in [0.3, 0.4) is 0 Å². The van der Waals surface area contributed by atoms with Gasteiger partial charge in [0.05, 0.1) is 18.1 Å². The molecule has 0 unspecified atom stereocenters. The second kappa shape index (κ2) is 6.71. The number of hydrogen-bond donors (Lipinski definition) is 0. The van der Waals surface area contributed by atoms with Crippen molar-refractivity contribution in [2.75, 3.05) is 25.5 Å². The quantitative estimate of drug-likeness (QED) is 0.836. The highest BCUT2D eigenvalue weighted by Crippen LogP contribution is 2.52. The summed E-state index contributed by atoms with van der Waals surface area (Å²) < 4.78 is 0. The minimum absolute atomic E-state index is 0.0621. The molecule has 2 heterocycles. The third-order valence-electron chi connectivity index (χ3n) is 6.67. The minimum Gasteiger partial charge on any atom is -0.300 e. The maximum atomic E-state index is 12.7. The second-order valence-electron chi connectivity index (χ2n) is 8.46. The van der Waals surface area contributed by atoms with E-state index in [2.05, 4.69) is 59.3 Å². The van der Waals surface area contributed by atoms with Gasteiger partial charge in [-0.2, -0.15) is 0 Å². The Kier molecular flexibility index (Phi) is 4.50. The van der Waals surface area contributed by atoms with Gasteiger partial charge in [0.15, 0.2) is 5.82 Å². The zero-order valence-corrected chi connectivity index (χ0v) is 16.5. The van der Waals surface area contributed by atoms with Crippen LogP contribution in [-0.4, -0.2) is 41.4 Å². The van der Waals surface area contributed by atoms with E-state index in [0.717, 1.165) is 37.9 Å². The molecule has 0 radical (unpaired) electrons. The standard InChI is InChI=1S/C22H28N4O/c1-17-14-24-19(15-23-17)26-16-21(13-20(26)27)9-11-22(12-10-21,25(2)3)18-7-5-4-6-8-18/h4-8,14-15H,9-13,16H2,1-3H3. The Bertz CT molecular complexity index is 808. The molecule has 1 spiro atoms. The highest BCUT2D eigenvalue weighted by atomic mass is 16.2. The van der Waals surface area contributed by atoms with Gasteiger partial charge >= 0.3 is 0 Å². The number of rotatable bonds is 3. The molecule has 0 N–H and O–H groups in total. The molecule has 2 fully saturated rings. The molecule has 5 nitrogen and oxygen atoms in total. The number of amides is 1. The van der Waals surface area contributed by atoms with Gasteiger partial charge in [-0.1, -0.05) is 30.3 Å². The van der Waals surface area contributed by atoms with Crippen LogP contribution in [0.2, 0.25) is 0 Å². The molecule has 27 heavy (non-hydrogen) atoms. The molecule has 1 aliphatic heterocycles. The normalized spacial score (nSPS) is 28.3. The number of benzene rings is 1. The Labute approximate surface area is 161 Å². The molecule has 4 rings (SSSR count). The zero-order chi connectivity index (χ0) is 19.1. The summed E-state index contributed by atoms with van der Waals surface area (Å²) in [6.45, 7) is 2.68. The molecule has 5 heteroatoms. The summed E-state index contributed by atoms with van der Waals surface area (Å²) in [7, 11) is 4.36. The third-order valence-corrected chi connectivity index (χ3v) is 6.67. The third kappa shape index (κ3) is 3.14. The average Bonchev–Trinajstić information content (AvgIpc) is 3.00. The van der Waals surface area contributed by atoms with Crippen LogP contribution in [0.5, 0.6) is 0 Å². The molecule has 2 aromatic rings. The van der Waals surface area contributed by atoms with E-state index in [1.54, 1.807) is 12.4 Å². The highest BCUT2D eigenvalue weighted by Gasteiger charge is 2.50. The number of carbonyl (C=O) groups excluding carboxylic acids is 1. The SMILES string of the molecule is Cc1cnc(N2CC3(CCC(c4ccccc4)(N(C)C)CC3)CC2=O)cn1. The van der Waals surface area contributed by atoms with Crippen LogP contribution < -0.4 is 4.90 Å². The van der Waals surface area contributed by atoms with E-state index in [4.69, 9.17) is 0 Å². The first-order valence-corrected chi connectivity index (χ1v) is 9.76. The van der Waals surface area contributed by atoms with Crippen LogP contribution in [0.25, 0.3) is 0 Å². The van der Waals surface area contributed by atoms with E-state index in [1.807, 2.05) is 11.8 Å². The van der Waals surface area contributed by atoms with Gasteiger partial charge in [-0.25, -0.2) is 4.98 Å². The van der Waals surface area contributed by atoms with Crippen molar-refractivity contribution in [3.8, 4) is 0 Å². The molecular weight excluding hydrogens is 336 g/mol. The summed E-state index contributed by atoms with van der Waals surface area (Å²) >= 11 is 0. The van der Waals surface area contributed by atoms with Gasteiger partial charge in [0.25, 0.3) is 0 Å². The Morgan fingerprint density at radius 3 is 2.30 bits per heavy atom. The van der Waals surface area contributed by atoms with Gasteiger partial charge in [0.1, 0.15) is 0 Å². The predicted molar refractivity (Wildman–Crippen MR) is 106 cm³/mol. The molecule has 1 aromatic carbocycles. The number of aryl methyl sites for hydroxylation is 1. The van der Waals surface area contributed by atoms with Gasteiger partial charge in [0, 0.05) is 18.5 Å². The molecule has 1 saturated carbocycles. The molecule has 142 valence electrons. The molecule has 1 aromatic heterocycles. The van der Waals surface area contributed by atoms with Crippen molar-refractivity contribution in [1.82, 2.24) is 14.9 Å². The first-order chi connectivity index (χ1) is 12.9. The first kappa shape index (κ1) is 18.1. The van der Waals surface area contributed by atoms with E-state index >= 15 is 0 Å². The lowest BCUT2D eigenvalue weighted by Crippen LogP contribution is -2.47. The largest absolute Gasteiger partial charge is 0.300 e. The summed E-state index contributed by atoms with van der Waals surface area (Å²) in [5, 5.41) is 0. The highest BCUT2D eigenvalue weighted by molar-refractivity contribution is 5.95. The lowest BCUT2D eigenvalue weighted by Gasteiger charge is -2.48. The second-order valence-corrected chi connectivity index (χ2v) is 8.46. The molecule has 1 saturated heterocycles. The number of hydrogen-bond acceptors (Lipinski definition) is 4. The van der Waals surface area contributed by atoms with Crippen LogP contribution >= 0.6 is 0 Å². The van der Waals surface area contributed by atoms with E-state index in [9.17, 15) is 4.79 Å². The van der Waals surface area contributed by atoms with Crippen molar-refractivity contribution >= 4 is 11.7 Å². The van der Waals surface area contributed by atoms with Crippen LogP contribution in [0.15, 0.2) is 42.7 Å². The molecular formula is C22H28N4O. The molecule has 1 amide bonds. The summed E-state index contributed by atoms with van der Waals surface area (Å²) in [4.78, 5) is 25.7. The van der Waals surface area contributed by atoms with Crippen molar-refractivity contribution < 1.29 is 4.79 Å².